The summed E-state index contributed by atoms with van der Waals surface area (Å²) < 4.78 is 59.2. The first-order valence-corrected chi connectivity index (χ1v) is 10.3. The second kappa shape index (κ2) is 10.3. The van der Waals surface area contributed by atoms with Gasteiger partial charge in [0.2, 0.25) is 5.88 Å². The first-order valence-electron chi connectivity index (χ1n) is 9.97. The average molecular weight is 502 g/mol. The summed E-state index contributed by atoms with van der Waals surface area (Å²) in [7, 11) is 1.88. The third-order valence-electron chi connectivity index (χ3n) is 5.08. The second-order valence-electron chi connectivity index (χ2n) is 7.42. The molecule has 1 heterocycles. The number of aldehydes is 1. The van der Waals surface area contributed by atoms with Gasteiger partial charge in [0.05, 0.1) is 16.1 Å². The van der Waals surface area contributed by atoms with Gasteiger partial charge in [0.25, 0.3) is 5.91 Å². The number of pyridine rings is 1. The minimum atomic E-state index is -4.41. The van der Waals surface area contributed by atoms with Crippen molar-refractivity contribution in [2.24, 2.45) is 0 Å². The number of fused-ring (bicyclic) bond motifs is 1. The Kier molecular flexibility index (Phi) is 7.65. The number of benzene rings is 1. The van der Waals surface area contributed by atoms with Crippen molar-refractivity contribution < 1.29 is 36.6 Å². The molecule has 2 aromatic rings. The molecule has 1 aromatic carbocycles. The molecular formula is C22H20ClF4N3O4. The van der Waals surface area contributed by atoms with Crippen LogP contribution in [0.25, 0.3) is 0 Å². The molecule has 1 fully saturated rings. The van der Waals surface area contributed by atoms with E-state index in [1.807, 2.05) is 7.05 Å². The van der Waals surface area contributed by atoms with Gasteiger partial charge in [-0.3, -0.25) is 9.59 Å². The summed E-state index contributed by atoms with van der Waals surface area (Å²) in [6.45, 7) is -0.358. The van der Waals surface area contributed by atoms with Crippen molar-refractivity contribution >= 4 is 23.8 Å². The second-order valence-corrected chi connectivity index (χ2v) is 7.82. The zero-order chi connectivity index (χ0) is 24.9. The number of halogens is 5. The minimum absolute atomic E-state index is 0.00917. The van der Waals surface area contributed by atoms with Gasteiger partial charge < -0.3 is 20.1 Å². The molecule has 7 nitrogen and oxygen atoms in total. The number of hydrogen-bond donors (Lipinski definition) is 2. The maximum absolute atomic E-state index is 13.2. The normalized spacial score (nSPS) is 17.9. The fourth-order valence-corrected chi connectivity index (χ4v) is 3.42. The largest absolute Gasteiger partial charge is 0.484 e. The van der Waals surface area contributed by atoms with Crippen LogP contribution in [0.1, 0.15) is 18.4 Å². The lowest BCUT2D eigenvalue weighted by Gasteiger charge is -2.26. The topological polar surface area (TPSA) is 89.6 Å². The molecule has 0 spiro atoms. The van der Waals surface area contributed by atoms with E-state index >= 15 is 0 Å². The zero-order valence-electron chi connectivity index (χ0n) is 17.8. The van der Waals surface area contributed by atoms with Gasteiger partial charge >= 0.3 is 6.18 Å². The van der Waals surface area contributed by atoms with E-state index in [9.17, 15) is 27.2 Å². The van der Waals surface area contributed by atoms with Crippen LogP contribution in [0.5, 0.6) is 11.6 Å². The zero-order valence-corrected chi connectivity index (χ0v) is 18.6. The van der Waals surface area contributed by atoms with Crippen molar-refractivity contribution in [2.45, 2.75) is 24.6 Å². The van der Waals surface area contributed by atoms with Gasteiger partial charge in [-0.2, -0.15) is 13.2 Å². The van der Waals surface area contributed by atoms with Crippen molar-refractivity contribution in [1.29, 1.82) is 0 Å². The maximum atomic E-state index is 13.2. The molecule has 34 heavy (non-hydrogen) atoms. The Bertz CT molecular complexity index is 1090. The van der Waals surface area contributed by atoms with Crippen molar-refractivity contribution in [3.63, 3.8) is 0 Å². The molecule has 1 saturated carbocycles. The first kappa shape index (κ1) is 25.3. The lowest BCUT2D eigenvalue weighted by atomic mass is 9.98. The molecule has 4 rings (SSSR count). The van der Waals surface area contributed by atoms with Crippen molar-refractivity contribution in [3.8, 4) is 11.6 Å². The van der Waals surface area contributed by atoms with Crippen molar-refractivity contribution in [1.82, 2.24) is 15.6 Å². The van der Waals surface area contributed by atoms with E-state index in [1.165, 1.54) is 29.5 Å². The van der Waals surface area contributed by atoms with E-state index in [-0.39, 0.29) is 41.3 Å². The van der Waals surface area contributed by atoms with Crippen LogP contribution < -0.4 is 20.1 Å². The Hall–Kier alpha value is -3.34. The summed E-state index contributed by atoms with van der Waals surface area (Å²) in [6, 6.07) is 6.00. The number of amides is 1. The lowest BCUT2D eigenvalue weighted by molar-refractivity contribution is -0.137. The minimum Gasteiger partial charge on any atom is -0.484 e. The van der Waals surface area contributed by atoms with E-state index in [4.69, 9.17) is 16.3 Å². The Morgan fingerprint density at radius 3 is 2.56 bits per heavy atom. The molecule has 0 radical (unpaired) electrons. The van der Waals surface area contributed by atoms with Gasteiger partial charge in [0, 0.05) is 43.9 Å². The number of nitrogens with zero attached hydrogens (tertiary/aromatic N) is 1. The highest BCUT2D eigenvalue weighted by atomic mass is 35.5. The number of hydrogen-bond acceptors (Lipinski definition) is 6. The van der Waals surface area contributed by atoms with E-state index in [0.29, 0.717) is 12.5 Å². The highest BCUT2D eigenvalue weighted by Gasteiger charge is 2.59. The molecule has 0 saturated heterocycles. The number of carbonyl (C=O) groups is 2. The van der Waals surface area contributed by atoms with E-state index in [0.717, 1.165) is 25.0 Å². The number of rotatable bonds is 8. The highest BCUT2D eigenvalue weighted by molar-refractivity contribution is 6.30. The summed E-state index contributed by atoms with van der Waals surface area (Å²) in [5.74, 6) is -0.487. The van der Waals surface area contributed by atoms with Crippen LogP contribution in [0.3, 0.4) is 0 Å². The van der Waals surface area contributed by atoms with Crippen LogP contribution in [0.2, 0.25) is 5.02 Å². The monoisotopic (exact) mass is 501 g/mol. The molecular weight excluding hydrogens is 482 g/mol. The van der Waals surface area contributed by atoms with E-state index < -0.39 is 17.6 Å². The Labute approximate surface area is 197 Å². The number of carbonyl (C=O) groups excluding carboxylic acids is 2. The molecule has 1 atom stereocenters. The van der Waals surface area contributed by atoms with Crippen molar-refractivity contribution in [3.05, 3.63) is 64.2 Å². The average Bonchev–Trinajstić information content (AvgIpc) is 3.36. The fraction of sp³-hybridized carbons (Fsp3) is 0.318. The SMILES string of the molecule is CNC1=C2CC2(NC(=O)COc2ccc(Cl)c(F)c2)C1.O=CCOc1ccc(C(F)(F)F)cn1. The molecule has 2 N–H and O–H groups in total. The molecule has 0 aliphatic heterocycles. The first-order chi connectivity index (χ1) is 16.1. The fourth-order valence-electron chi connectivity index (χ4n) is 3.30. The number of aromatic nitrogens is 1. The molecule has 0 bridgehead atoms. The van der Waals surface area contributed by atoms with Crippen LogP contribution in [0, 0.1) is 5.82 Å². The van der Waals surface area contributed by atoms with Crippen LogP contribution in [0.15, 0.2) is 47.8 Å². The number of ether oxygens (including phenoxy) is 2. The summed E-state index contributed by atoms with van der Waals surface area (Å²) in [6.07, 6.45) is -1.51. The van der Waals surface area contributed by atoms with Gasteiger partial charge in [-0.05, 0) is 23.8 Å². The van der Waals surface area contributed by atoms with Gasteiger partial charge in [-0.15, -0.1) is 0 Å². The lowest BCUT2D eigenvalue weighted by Crippen LogP contribution is -2.44. The summed E-state index contributed by atoms with van der Waals surface area (Å²) >= 11 is 5.57. The van der Waals surface area contributed by atoms with Gasteiger partial charge in [-0.25, -0.2) is 9.37 Å². The predicted octanol–water partition coefficient (Wildman–Crippen LogP) is 3.67. The molecule has 2 aliphatic rings. The van der Waals surface area contributed by atoms with Crippen LogP contribution >= 0.6 is 11.6 Å². The third kappa shape index (κ3) is 6.16. The highest BCUT2D eigenvalue weighted by Crippen LogP contribution is 2.57. The molecule has 2 aliphatic carbocycles. The molecule has 1 unspecified atom stereocenters. The third-order valence-corrected chi connectivity index (χ3v) is 5.38. The van der Waals surface area contributed by atoms with E-state index in [2.05, 4.69) is 20.4 Å². The van der Waals surface area contributed by atoms with E-state index in [1.54, 1.807) is 0 Å². The molecule has 1 aromatic heterocycles. The molecule has 1 amide bonds. The Morgan fingerprint density at radius 1 is 1.24 bits per heavy atom. The van der Waals surface area contributed by atoms with Crippen LogP contribution in [-0.4, -0.2) is 43.0 Å². The number of nitrogens with one attached hydrogen (secondary N) is 2. The van der Waals surface area contributed by atoms with Crippen LogP contribution in [0.4, 0.5) is 17.6 Å². The summed E-state index contributed by atoms with van der Waals surface area (Å²) in [4.78, 5) is 25.1. The Balaban J connectivity index is 0.000000204. The smallest absolute Gasteiger partial charge is 0.417 e. The van der Waals surface area contributed by atoms with Crippen LogP contribution in [-0.2, 0) is 15.8 Å². The quantitative estimate of drug-likeness (QED) is 0.424. The standard InChI is InChI=1S/C14H14ClFN2O2.C8H6F3NO2/c1-17-12-6-14(5-9(12)14)18-13(19)7-20-8-2-3-10(15)11(16)4-8;9-8(10,11)6-1-2-7(12-5-6)14-4-3-13/h2-4,17H,5-7H2,1H3,(H,18,19);1-3,5H,4H2. The summed E-state index contributed by atoms with van der Waals surface area (Å²) in [5, 5.41) is 6.08. The van der Waals surface area contributed by atoms with Crippen molar-refractivity contribution in [2.75, 3.05) is 20.3 Å². The Morgan fingerprint density at radius 2 is 2.00 bits per heavy atom. The molecule has 12 heteroatoms. The summed E-state index contributed by atoms with van der Waals surface area (Å²) in [5.41, 5.74) is 1.50. The van der Waals surface area contributed by atoms with Gasteiger partial charge in [0.15, 0.2) is 12.9 Å². The van der Waals surface area contributed by atoms with Gasteiger partial charge in [-0.1, -0.05) is 11.6 Å². The maximum Gasteiger partial charge on any atom is 0.417 e. The predicted molar refractivity (Wildman–Crippen MR) is 114 cm³/mol. The molecule has 182 valence electrons. The number of alkyl halides is 3. The van der Waals surface area contributed by atoms with Gasteiger partial charge in [0.1, 0.15) is 18.2 Å².